The summed E-state index contributed by atoms with van der Waals surface area (Å²) < 4.78 is 17.5. The van der Waals surface area contributed by atoms with E-state index in [-0.39, 0.29) is 12.4 Å². The topological polar surface area (TPSA) is 44.8 Å². The molecule has 50 heavy (non-hydrogen) atoms. The van der Waals surface area contributed by atoms with Gasteiger partial charge in [-0.05, 0) is 37.0 Å². The van der Waals surface area contributed by atoms with Crippen LogP contribution in [0.25, 0.3) is 0 Å². The lowest BCUT2D eigenvalue weighted by Crippen LogP contribution is -2.08. The Morgan fingerprint density at radius 3 is 1.12 bits per heavy atom. The van der Waals surface area contributed by atoms with Crippen LogP contribution >= 0.6 is 0 Å². The second kappa shape index (κ2) is 35.7. The maximum absolute atomic E-state index is 12.0. The van der Waals surface area contributed by atoms with Crippen molar-refractivity contribution in [1.82, 2.24) is 0 Å². The lowest BCUT2D eigenvalue weighted by Gasteiger charge is -2.17. The average Bonchev–Trinajstić information content (AvgIpc) is 3.11. The summed E-state index contributed by atoms with van der Waals surface area (Å²) in [5, 5.41) is 0. The molecule has 0 bridgehead atoms. The minimum atomic E-state index is -0.227. The number of unbranched alkanes of at least 4 members (excludes halogenated alkanes) is 30. The number of hydrogen-bond donors (Lipinski definition) is 0. The van der Waals surface area contributed by atoms with Crippen molar-refractivity contribution in [3.63, 3.8) is 0 Å². The zero-order valence-corrected chi connectivity index (χ0v) is 34.0. The van der Waals surface area contributed by atoms with Gasteiger partial charge >= 0.3 is 5.97 Å². The van der Waals surface area contributed by atoms with Crippen molar-refractivity contribution < 1.29 is 19.0 Å². The highest BCUT2D eigenvalue weighted by Crippen LogP contribution is 2.33. The van der Waals surface area contributed by atoms with E-state index >= 15 is 0 Å². The first-order chi connectivity index (χ1) is 24.6. The zero-order valence-electron chi connectivity index (χ0n) is 34.0. The lowest BCUT2D eigenvalue weighted by molar-refractivity contribution is -0.139. The number of rotatable bonds is 38. The first kappa shape index (κ1) is 46.3. The van der Waals surface area contributed by atoms with Crippen molar-refractivity contribution in [2.45, 2.75) is 233 Å². The van der Waals surface area contributed by atoms with Crippen LogP contribution in [0.15, 0.2) is 12.1 Å². The van der Waals surface area contributed by atoms with Crippen molar-refractivity contribution in [3.05, 3.63) is 23.3 Å². The third-order valence-corrected chi connectivity index (χ3v) is 10.4. The van der Waals surface area contributed by atoms with Gasteiger partial charge in [0.05, 0.1) is 26.7 Å². The van der Waals surface area contributed by atoms with Crippen molar-refractivity contribution in [2.24, 2.45) is 0 Å². The number of benzene rings is 1. The maximum atomic E-state index is 12.0. The molecular weight excluding hydrogens is 617 g/mol. The number of hydrogen-bond acceptors (Lipinski definition) is 4. The zero-order chi connectivity index (χ0) is 36.2. The molecular formula is C46H84O4. The summed E-state index contributed by atoms with van der Waals surface area (Å²) in [6, 6.07) is 4.03. The van der Waals surface area contributed by atoms with Crippen LogP contribution in [0.3, 0.4) is 0 Å². The number of esters is 1. The normalized spacial score (nSPS) is 11.3. The molecule has 0 radical (unpaired) electrons. The van der Waals surface area contributed by atoms with Gasteiger partial charge in [0, 0.05) is 0 Å². The van der Waals surface area contributed by atoms with Crippen molar-refractivity contribution in [2.75, 3.05) is 20.3 Å². The van der Waals surface area contributed by atoms with E-state index in [1.54, 1.807) is 0 Å². The first-order valence-corrected chi connectivity index (χ1v) is 22.1. The fourth-order valence-corrected chi connectivity index (χ4v) is 7.10. The second-order valence-corrected chi connectivity index (χ2v) is 15.3. The van der Waals surface area contributed by atoms with Gasteiger partial charge in [0.25, 0.3) is 0 Å². The van der Waals surface area contributed by atoms with Crippen LogP contribution in [0.2, 0.25) is 0 Å². The predicted octanol–water partition coefficient (Wildman–Crippen LogP) is 15.0. The van der Waals surface area contributed by atoms with E-state index in [0.29, 0.717) is 13.2 Å². The Labute approximate surface area is 312 Å². The van der Waals surface area contributed by atoms with Gasteiger partial charge in [0.1, 0.15) is 0 Å². The fraction of sp³-hybridized carbons (Fsp3) is 0.848. The van der Waals surface area contributed by atoms with Crippen molar-refractivity contribution >= 4 is 5.97 Å². The van der Waals surface area contributed by atoms with Crippen LogP contribution in [-0.2, 0) is 16.0 Å². The molecule has 1 rings (SSSR count). The molecule has 4 nitrogen and oxygen atoms in total. The minimum absolute atomic E-state index is 0.227. The molecule has 1 aromatic rings. The minimum Gasteiger partial charge on any atom is -0.490 e. The summed E-state index contributed by atoms with van der Waals surface area (Å²) in [6.45, 7) is 8.05. The Balaban J connectivity index is 2.19. The first-order valence-electron chi connectivity index (χ1n) is 22.1. The quantitative estimate of drug-likeness (QED) is 0.0509. The van der Waals surface area contributed by atoms with Crippen LogP contribution in [-0.4, -0.2) is 26.3 Å². The van der Waals surface area contributed by atoms with Crippen LogP contribution in [0, 0.1) is 6.92 Å². The summed E-state index contributed by atoms with van der Waals surface area (Å²) in [6.07, 6.45) is 44.0. The number of carbonyl (C=O) groups is 1. The molecule has 0 fully saturated rings. The Morgan fingerprint density at radius 1 is 0.460 bits per heavy atom. The molecule has 0 aliphatic carbocycles. The number of ether oxygens (including phenoxy) is 3. The van der Waals surface area contributed by atoms with Gasteiger partial charge in [-0.2, -0.15) is 0 Å². The van der Waals surface area contributed by atoms with E-state index in [2.05, 4.69) is 20.8 Å². The molecule has 0 atom stereocenters. The SMILES string of the molecule is CCCCCCCCCCCCCCCCCCOc1cc(CC(=O)OC)cc(C)c1OCCCCCCCCCCCCCCCCCC. The van der Waals surface area contributed by atoms with E-state index in [1.807, 2.05) is 12.1 Å². The molecule has 0 aliphatic heterocycles. The smallest absolute Gasteiger partial charge is 0.309 e. The third-order valence-electron chi connectivity index (χ3n) is 10.4. The standard InChI is InChI=1S/C46H84O4/c1-5-7-9-11-13-15-17-19-21-23-25-27-29-31-33-35-37-49-44-40-43(41-45(47)48-4)39-42(3)46(44)50-38-36-34-32-30-28-26-24-22-20-18-16-14-12-10-8-6-2/h39-40H,5-38,41H2,1-4H3. The Kier molecular flexibility index (Phi) is 33.0. The van der Waals surface area contributed by atoms with E-state index < -0.39 is 0 Å². The second-order valence-electron chi connectivity index (χ2n) is 15.3. The van der Waals surface area contributed by atoms with Gasteiger partial charge in [0.15, 0.2) is 11.5 Å². The van der Waals surface area contributed by atoms with Crippen LogP contribution < -0.4 is 9.47 Å². The average molecular weight is 701 g/mol. The van der Waals surface area contributed by atoms with Gasteiger partial charge in [-0.15, -0.1) is 0 Å². The van der Waals surface area contributed by atoms with Gasteiger partial charge in [-0.3, -0.25) is 4.79 Å². The third kappa shape index (κ3) is 27.9. The van der Waals surface area contributed by atoms with Crippen molar-refractivity contribution in [1.29, 1.82) is 0 Å². The molecule has 4 heteroatoms. The molecule has 0 saturated carbocycles. The molecule has 1 aromatic carbocycles. The highest BCUT2D eigenvalue weighted by atomic mass is 16.5. The van der Waals surface area contributed by atoms with E-state index in [1.165, 1.54) is 200 Å². The van der Waals surface area contributed by atoms with Crippen LogP contribution in [0.1, 0.15) is 230 Å². The Hall–Kier alpha value is -1.71. The highest BCUT2D eigenvalue weighted by molar-refractivity contribution is 5.73. The summed E-state index contributed by atoms with van der Waals surface area (Å²) in [7, 11) is 1.44. The lowest BCUT2D eigenvalue weighted by atomic mass is 10.0. The molecule has 0 unspecified atom stereocenters. The van der Waals surface area contributed by atoms with Crippen LogP contribution in [0.4, 0.5) is 0 Å². The predicted molar refractivity (Wildman–Crippen MR) is 217 cm³/mol. The monoisotopic (exact) mass is 701 g/mol. The molecule has 0 aromatic heterocycles. The van der Waals surface area contributed by atoms with Gasteiger partial charge < -0.3 is 14.2 Å². The number of aryl methyl sites for hydroxylation is 1. The maximum Gasteiger partial charge on any atom is 0.309 e. The Morgan fingerprint density at radius 2 is 0.780 bits per heavy atom. The van der Waals surface area contributed by atoms with Gasteiger partial charge in [-0.1, -0.05) is 213 Å². The Bertz CT molecular complexity index is 881. The van der Waals surface area contributed by atoms with Gasteiger partial charge in [-0.25, -0.2) is 0 Å². The summed E-state index contributed by atoms with van der Waals surface area (Å²) in [5.74, 6) is 1.40. The van der Waals surface area contributed by atoms with E-state index in [4.69, 9.17) is 14.2 Å². The molecule has 0 heterocycles. The van der Waals surface area contributed by atoms with Crippen LogP contribution in [0.5, 0.6) is 11.5 Å². The molecule has 292 valence electrons. The summed E-state index contributed by atoms with van der Waals surface area (Å²) in [5.41, 5.74) is 1.95. The molecule has 0 saturated heterocycles. The summed E-state index contributed by atoms with van der Waals surface area (Å²) >= 11 is 0. The number of carbonyl (C=O) groups excluding carboxylic acids is 1. The molecule has 0 spiro atoms. The largest absolute Gasteiger partial charge is 0.490 e. The van der Waals surface area contributed by atoms with E-state index in [0.717, 1.165) is 35.5 Å². The summed E-state index contributed by atoms with van der Waals surface area (Å²) in [4.78, 5) is 12.0. The van der Waals surface area contributed by atoms with E-state index in [9.17, 15) is 4.79 Å². The molecule has 0 amide bonds. The fourth-order valence-electron chi connectivity index (χ4n) is 7.10. The number of methoxy groups -OCH3 is 1. The van der Waals surface area contributed by atoms with Crippen molar-refractivity contribution in [3.8, 4) is 11.5 Å². The highest BCUT2D eigenvalue weighted by Gasteiger charge is 2.14. The van der Waals surface area contributed by atoms with Gasteiger partial charge in [0.2, 0.25) is 0 Å². The molecule has 0 N–H and O–H groups in total. The molecule has 0 aliphatic rings.